The van der Waals surface area contributed by atoms with Gasteiger partial charge in [0, 0.05) is 24.1 Å². The summed E-state index contributed by atoms with van der Waals surface area (Å²) in [7, 11) is 1.60. The normalized spacial score (nSPS) is 11.1. The number of aromatic nitrogens is 2. The van der Waals surface area contributed by atoms with Crippen LogP contribution in [0.1, 0.15) is 5.89 Å². The van der Waals surface area contributed by atoms with E-state index < -0.39 is 0 Å². The Kier molecular flexibility index (Phi) is 3.18. The van der Waals surface area contributed by atoms with E-state index in [1.165, 1.54) is 0 Å². The molecule has 0 fully saturated rings. The standard InChI is InChI=1S/C13H12N2O3S/c1-8-14-15-13(18-8)12-6-9-10(17-7-16-2)4-3-5-11(9)19-12/h3-6H,7H2,1-2H3. The second-order valence-corrected chi connectivity index (χ2v) is 5.04. The van der Waals surface area contributed by atoms with Crippen molar-refractivity contribution in [1.29, 1.82) is 0 Å². The summed E-state index contributed by atoms with van der Waals surface area (Å²) in [6.45, 7) is 2.00. The molecule has 19 heavy (non-hydrogen) atoms. The molecular weight excluding hydrogens is 264 g/mol. The third-order valence-electron chi connectivity index (χ3n) is 2.59. The molecule has 0 N–H and O–H groups in total. The Hall–Kier alpha value is -1.92. The smallest absolute Gasteiger partial charge is 0.257 e. The molecule has 1 aromatic carbocycles. The lowest BCUT2D eigenvalue weighted by Crippen LogP contribution is -1.98. The molecule has 3 aromatic rings. The topological polar surface area (TPSA) is 57.4 Å². The van der Waals surface area contributed by atoms with Gasteiger partial charge < -0.3 is 13.9 Å². The summed E-state index contributed by atoms with van der Waals surface area (Å²) in [5, 5.41) is 8.90. The van der Waals surface area contributed by atoms with Gasteiger partial charge in [0.1, 0.15) is 5.75 Å². The zero-order chi connectivity index (χ0) is 13.2. The highest BCUT2D eigenvalue weighted by atomic mass is 32.1. The number of benzene rings is 1. The summed E-state index contributed by atoms with van der Waals surface area (Å²) < 4.78 is 17.0. The average Bonchev–Trinajstić information content (AvgIpc) is 3.02. The molecule has 3 rings (SSSR count). The van der Waals surface area contributed by atoms with Gasteiger partial charge in [-0.15, -0.1) is 21.5 Å². The molecule has 0 radical (unpaired) electrons. The van der Waals surface area contributed by atoms with Crippen molar-refractivity contribution in [2.75, 3.05) is 13.9 Å². The van der Waals surface area contributed by atoms with Gasteiger partial charge in [-0.1, -0.05) is 6.07 Å². The molecule has 2 heterocycles. The molecule has 0 aliphatic rings. The van der Waals surface area contributed by atoms with Gasteiger partial charge in [0.15, 0.2) is 6.79 Å². The van der Waals surface area contributed by atoms with Crippen LogP contribution in [0.2, 0.25) is 0 Å². The zero-order valence-corrected chi connectivity index (χ0v) is 11.4. The second kappa shape index (κ2) is 4.99. The van der Waals surface area contributed by atoms with Gasteiger partial charge in [-0.05, 0) is 18.2 Å². The number of methoxy groups -OCH3 is 1. The van der Waals surface area contributed by atoms with Gasteiger partial charge in [0.25, 0.3) is 5.89 Å². The zero-order valence-electron chi connectivity index (χ0n) is 10.5. The number of thiophene rings is 1. The van der Waals surface area contributed by atoms with Gasteiger partial charge >= 0.3 is 0 Å². The molecule has 0 unspecified atom stereocenters. The molecule has 0 saturated heterocycles. The first kappa shape index (κ1) is 12.1. The average molecular weight is 276 g/mol. The summed E-state index contributed by atoms with van der Waals surface area (Å²) in [4.78, 5) is 0.934. The first-order valence-corrected chi connectivity index (χ1v) is 6.54. The molecular formula is C13H12N2O3S. The Morgan fingerprint density at radius 3 is 2.95 bits per heavy atom. The predicted octanol–water partition coefficient (Wildman–Crippen LogP) is 3.24. The largest absolute Gasteiger partial charge is 0.467 e. The fourth-order valence-electron chi connectivity index (χ4n) is 1.78. The number of ether oxygens (including phenoxy) is 2. The van der Waals surface area contributed by atoms with Crippen molar-refractivity contribution >= 4 is 21.4 Å². The second-order valence-electron chi connectivity index (χ2n) is 3.96. The number of hydrogen-bond donors (Lipinski definition) is 0. The number of hydrogen-bond acceptors (Lipinski definition) is 6. The molecule has 5 nitrogen and oxygen atoms in total. The van der Waals surface area contributed by atoms with E-state index in [1.807, 2.05) is 24.3 Å². The molecule has 0 saturated carbocycles. The van der Waals surface area contributed by atoms with E-state index in [1.54, 1.807) is 25.4 Å². The summed E-state index contributed by atoms with van der Waals surface area (Å²) in [6, 6.07) is 7.90. The van der Waals surface area contributed by atoms with Crippen molar-refractivity contribution in [3.8, 4) is 16.5 Å². The first-order valence-electron chi connectivity index (χ1n) is 5.72. The number of fused-ring (bicyclic) bond motifs is 1. The van der Waals surface area contributed by atoms with Crippen molar-refractivity contribution < 1.29 is 13.9 Å². The minimum atomic E-state index is 0.226. The molecule has 0 amide bonds. The third kappa shape index (κ3) is 2.32. The van der Waals surface area contributed by atoms with Crippen molar-refractivity contribution in [2.24, 2.45) is 0 Å². The van der Waals surface area contributed by atoms with Crippen molar-refractivity contribution in [1.82, 2.24) is 10.2 Å². The third-order valence-corrected chi connectivity index (χ3v) is 3.68. The minimum absolute atomic E-state index is 0.226. The molecule has 0 aliphatic heterocycles. The van der Waals surface area contributed by atoms with Crippen LogP contribution in [-0.2, 0) is 4.74 Å². The molecule has 6 heteroatoms. The van der Waals surface area contributed by atoms with Crippen molar-refractivity contribution in [2.45, 2.75) is 6.92 Å². The minimum Gasteiger partial charge on any atom is -0.467 e. The van der Waals surface area contributed by atoms with Crippen molar-refractivity contribution in [3.05, 3.63) is 30.2 Å². The number of aryl methyl sites for hydroxylation is 1. The van der Waals surface area contributed by atoms with Crippen LogP contribution in [0.5, 0.6) is 5.75 Å². The van der Waals surface area contributed by atoms with Crippen LogP contribution < -0.4 is 4.74 Å². The lowest BCUT2D eigenvalue weighted by Gasteiger charge is -2.04. The van der Waals surface area contributed by atoms with Gasteiger partial charge in [0.2, 0.25) is 5.89 Å². The van der Waals surface area contributed by atoms with Gasteiger partial charge in [-0.25, -0.2) is 0 Å². The van der Waals surface area contributed by atoms with E-state index >= 15 is 0 Å². The van der Waals surface area contributed by atoms with Gasteiger partial charge in [-0.3, -0.25) is 0 Å². The maximum absolute atomic E-state index is 5.54. The van der Waals surface area contributed by atoms with Crippen LogP contribution in [0.25, 0.3) is 20.9 Å². The van der Waals surface area contributed by atoms with Crippen LogP contribution in [0.4, 0.5) is 0 Å². The summed E-state index contributed by atoms with van der Waals surface area (Å²) in [6.07, 6.45) is 0. The molecule has 2 aromatic heterocycles. The quantitative estimate of drug-likeness (QED) is 0.685. The van der Waals surface area contributed by atoms with E-state index in [0.29, 0.717) is 11.8 Å². The number of nitrogens with zero attached hydrogens (tertiary/aromatic N) is 2. The van der Waals surface area contributed by atoms with E-state index in [0.717, 1.165) is 20.7 Å². The molecule has 98 valence electrons. The lowest BCUT2D eigenvalue weighted by molar-refractivity contribution is 0.0522. The SMILES string of the molecule is COCOc1cccc2sc(-c3nnc(C)o3)cc12. The predicted molar refractivity (Wildman–Crippen MR) is 72.4 cm³/mol. The maximum Gasteiger partial charge on any atom is 0.257 e. The Bertz CT molecular complexity index is 705. The van der Waals surface area contributed by atoms with Crippen LogP contribution in [0.15, 0.2) is 28.7 Å². The van der Waals surface area contributed by atoms with Crippen LogP contribution >= 0.6 is 11.3 Å². The van der Waals surface area contributed by atoms with E-state index in [2.05, 4.69) is 10.2 Å². The maximum atomic E-state index is 5.54. The van der Waals surface area contributed by atoms with E-state index in [-0.39, 0.29) is 6.79 Å². The van der Waals surface area contributed by atoms with Crippen LogP contribution in [0.3, 0.4) is 0 Å². The van der Waals surface area contributed by atoms with Crippen molar-refractivity contribution in [3.63, 3.8) is 0 Å². The highest BCUT2D eigenvalue weighted by Crippen LogP contribution is 2.37. The Morgan fingerprint density at radius 2 is 2.21 bits per heavy atom. The highest BCUT2D eigenvalue weighted by molar-refractivity contribution is 7.22. The Morgan fingerprint density at radius 1 is 1.32 bits per heavy atom. The monoisotopic (exact) mass is 276 g/mol. The van der Waals surface area contributed by atoms with Gasteiger partial charge in [-0.2, -0.15) is 0 Å². The lowest BCUT2D eigenvalue weighted by atomic mass is 10.2. The fourth-order valence-corrected chi connectivity index (χ4v) is 2.78. The molecule has 0 aliphatic carbocycles. The van der Waals surface area contributed by atoms with E-state index in [4.69, 9.17) is 13.9 Å². The fraction of sp³-hybridized carbons (Fsp3) is 0.231. The van der Waals surface area contributed by atoms with E-state index in [9.17, 15) is 0 Å². The Labute approximate surface area is 113 Å². The molecule has 0 spiro atoms. The molecule has 0 bridgehead atoms. The van der Waals surface area contributed by atoms with Crippen LogP contribution in [0, 0.1) is 6.92 Å². The van der Waals surface area contributed by atoms with Crippen LogP contribution in [-0.4, -0.2) is 24.1 Å². The number of rotatable bonds is 4. The summed E-state index contributed by atoms with van der Waals surface area (Å²) in [5.74, 6) is 1.89. The Balaban J connectivity index is 2.05. The summed E-state index contributed by atoms with van der Waals surface area (Å²) in [5.41, 5.74) is 0. The van der Waals surface area contributed by atoms with Gasteiger partial charge in [0.05, 0.1) is 4.88 Å². The summed E-state index contributed by atoms with van der Waals surface area (Å²) >= 11 is 1.59. The first-order chi connectivity index (χ1) is 9.28. The highest BCUT2D eigenvalue weighted by Gasteiger charge is 2.12. The molecule has 0 atom stereocenters.